The molecule has 3 aliphatic rings. The van der Waals surface area contributed by atoms with Crippen LogP contribution in [0.2, 0.25) is 0 Å². The van der Waals surface area contributed by atoms with Gasteiger partial charge in [-0.25, -0.2) is 8.42 Å². The molecule has 2 aliphatic heterocycles. The van der Waals surface area contributed by atoms with E-state index in [1.165, 1.54) is 6.08 Å². The maximum Gasteiger partial charge on any atom is 0.452 e. The summed E-state index contributed by atoms with van der Waals surface area (Å²) in [5.41, 5.74) is -1.20. The molecule has 4 unspecified atom stereocenters. The number of hydrogen-bond acceptors (Lipinski definition) is 7. The van der Waals surface area contributed by atoms with Gasteiger partial charge in [-0.1, -0.05) is 29.4 Å². The fourth-order valence-corrected chi connectivity index (χ4v) is 7.74. The van der Waals surface area contributed by atoms with Gasteiger partial charge < -0.3 is 14.4 Å². The number of allylic oxidation sites excluding steroid dienone is 1. The second-order valence-corrected chi connectivity index (χ2v) is 11.4. The molecular formula is C20H17F3N2O6S2. The summed E-state index contributed by atoms with van der Waals surface area (Å²) in [5.74, 6) is -3.12. The second-order valence-electron chi connectivity index (χ2n) is 8.01. The Labute approximate surface area is 190 Å². The number of halogens is 3. The zero-order chi connectivity index (χ0) is 23.6. The summed E-state index contributed by atoms with van der Waals surface area (Å²) in [7, 11) is -4.18. The van der Waals surface area contributed by atoms with Gasteiger partial charge in [0, 0.05) is 28.4 Å². The molecular weight excluding hydrogens is 485 g/mol. The molecule has 176 valence electrons. The minimum absolute atomic E-state index is 0.0196. The standard InChI is InChI=1S/C20H17F3N2O6S2/c21-20(22,23)15-9-12(24-31-15)14-5-6-16(32-14)33(28,29)25-19(18(26)27)11-7-8-30-13-4-2-1-3-10(13)17(11)19/h1-5,9,11,16-17,25H,6-8H2,(H,26,27). The molecule has 2 aromatic rings. The molecule has 13 heteroatoms. The first-order valence-electron chi connectivity index (χ1n) is 9.93. The van der Waals surface area contributed by atoms with Crippen LogP contribution in [0.5, 0.6) is 5.75 Å². The predicted octanol–water partition coefficient (Wildman–Crippen LogP) is 3.44. The normalized spacial score (nSPS) is 28.8. The number of nitrogens with one attached hydrogen (secondary N) is 1. The van der Waals surface area contributed by atoms with Crippen molar-refractivity contribution in [2.24, 2.45) is 5.92 Å². The molecule has 1 aromatic carbocycles. The molecule has 1 fully saturated rings. The number of carbonyl (C=O) groups is 1. The van der Waals surface area contributed by atoms with Gasteiger partial charge in [0.25, 0.3) is 0 Å². The van der Waals surface area contributed by atoms with Crippen molar-refractivity contribution >= 4 is 32.7 Å². The van der Waals surface area contributed by atoms with Crippen LogP contribution in [0.25, 0.3) is 4.91 Å². The third-order valence-corrected chi connectivity index (χ3v) is 9.76. The highest BCUT2D eigenvalue weighted by Gasteiger charge is 2.73. The number of ether oxygens (including phenoxy) is 1. The van der Waals surface area contributed by atoms with E-state index >= 15 is 0 Å². The number of para-hydroxylation sites is 1. The van der Waals surface area contributed by atoms with Crippen molar-refractivity contribution in [2.45, 2.75) is 35.1 Å². The van der Waals surface area contributed by atoms with Crippen molar-refractivity contribution in [3.05, 3.63) is 53.4 Å². The van der Waals surface area contributed by atoms with Crippen molar-refractivity contribution in [1.82, 2.24) is 9.88 Å². The van der Waals surface area contributed by atoms with Crippen molar-refractivity contribution in [3.63, 3.8) is 0 Å². The predicted molar refractivity (Wildman–Crippen MR) is 111 cm³/mol. The Hall–Kier alpha value is -2.51. The Bertz CT molecular complexity index is 1260. The largest absolute Gasteiger partial charge is 0.493 e. The Balaban J connectivity index is 1.37. The fraction of sp³-hybridized carbons (Fsp3) is 0.400. The molecule has 0 bridgehead atoms. The van der Waals surface area contributed by atoms with Crippen LogP contribution in [0.15, 0.2) is 40.9 Å². The number of thioether (sulfide) groups is 1. The molecule has 5 rings (SSSR count). The van der Waals surface area contributed by atoms with E-state index in [0.717, 1.165) is 11.8 Å². The number of nitrogens with zero attached hydrogens (tertiary/aromatic N) is 1. The number of fused-ring (bicyclic) bond motifs is 3. The molecule has 2 N–H and O–H groups in total. The first kappa shape index (κ1) is 22.3. The zero-order valence-electron chi connectivity index (χ0n) is 16.7. The Morgan fingerprint density at radius 3 is 2.76 bits per heavy atom. The van der Waals surface area contributed by atoms with Gasteiger partial charge in [0.05, 0.1) is 6.61 Å². The van der Waals surface area contributed by atoms with Crippen molar-refractivity contribution in [1.29, 1.82) is 0 Å². The minimum Gasteiger partial charge on any atom is -0.493 e. The van der Waals surface area contributed by atoms with Gasteiger partial charge in [-0.3, -0.25) is 4.79 Å². The summed E-state index contributed by atoms with van der Waals surface area (Å²) in [4.78, 5) is 12.6. The van der Waals surface area contributed by atoms with Crippen LogP contribution in [0, 0.1) is 5.92 Å². The first-order chi connectivity index (χ1) is 15.5. The number of aromatic nitrogens is 1. The summed E-state index contributed by atoms with van der Waals surface area (Å²) in [5, 5.41) is 13.4. The van der Waals surface area contributed by atoms with Gasteiger partial charge in [-0.05, 0) is 18.9 Å². The van der Waals surface area contributed by atoms with Crippen LogP contribution in [0.4, 0.5) is 13.2 Å². The molecule has 1 aliphatic carbocycles. The molecule has 4 atom stereocenters. The number of alkyl halides is 3. The van der Waals surface area contributed by atoms with E-state index in [2.05, 4.69) is 14.4 Å². The lowest BCUT2D eigenvalue weighted by Crippen LogP contribution is -2.48. The van der Waals surface area contributed by atoms with Gasteiger partial charge in [0.15, 0.2) is 0 Å². The van der Waals surface area contributed by atoms with E-state index in [0.29, 0.717) is 23.8 Å². The number of carboxylic acids is 1. The highest BCUT2D eigenvalue weighted by atomic mass is 32.3. The highest BCUT2D eigenvalue weighted by Crippen LogP contribution is 2.63. The lowest BCUT2D eigenvalue weighted by Gasteiger charge is -2.21. The van der Waals surface area contributed by atoms with Gasteiger partial charge in [-0.15, -0.1) is 11.8 Å². The summed E-state index contributed by atoms with van der Waals surface area (Å²) in [6.45, 7) is 0.256. The molecule has 0 spiro atoms. The van der Waals surface area contributed by atoms with Crippen LogP contribution < -0.4 is 9.46 Å². The van der Waals surface area contributed by atoms with E-state index in [9.17, 15) is 31.5 Å². The number of sulfonamides is 1. The van der Waals surface area contributed by atoms with E-state index in [1.54, 1.807) is 24.3 Å². The number of carboxylic acid groups (broad SMARTS) is 1. The van der Waals surface area contributed by atoms with Crippen molar-refractivity contribution < 1.29 is 40.8 Å². The average molecular weight is 502 g/mol. The van der Waals surface area contributed by atoms with Gasteiger partial charge >= 0.3 is 12.1 Å². The quantitative estimate of drug-likeness (QED) is 0.639. The lowest BCUT2D eigenvalue weighted by atomic mass is 10.1. The summed E-state index contributed by atoms with van der Waals surface area (Å²) in [6, 6.07) is 7.64. The average Bonchev–Trinajstić information content (AvgIpc) is 3.09. The number of hydrogen-bond donors (Lipinski definition) is 2. The molecule has 1 aromatic heterocycles. The minimum atomic E-state index is -4.71. The lowest BCUT2D eigenvalue weighted by molar-refractivity contribution is -0.155. The van der Waals surface area contributed by atoms with Gasteiger partial charge in [0.1, 0.15) is 21.6 Å². The topological polar surface area (TPSA) is 119 Å². The second kappa shape index (κ2) is 7.50. The van der Waals surface area contributed by atoms with Crippen LogP contribution in [0.1, 0.15) is 35.8 Å². The summed E-state index contributed by atoms with van der Waals surface area (Å²) in [6.07, 6.45) is -2.92. The third kappa shape index (κ3) is 3.62. The Morgan fingerprint density at radius 1 is 1.30 bits per heavy atom. The molecule has 0 radical (unpaired) electrons. The van der Waals surface area contributed by atoms with Crippen LogP contribution in [-0.2, 0) is 21.0 Å². The monoisotopic (exact) mass is 502 g/mol. The van der Waals surface area contributed by atoms with Crippen LogP contribution in [-0.4, -0.2) is 41.4 Å². The maximum absolute atomic E-state index is 13.2. The molecule has 0 saturated heterocycles. The van der Waals surface area contributed by atoms with Gasteiger partial charge in [-0.2, -0.15) is 17.9 Å². The SMILES string of the molecule is O=C(O)C1(NS(=O)(=O)C2CC=C(c3cc(C(F)(F)F)on3)S2)C2CCOc3ccccc3C21. The maximum atomic E-state index is 13.2. The van der Waals surface area contributed by atoms with Crippen LogP contribution in [0.3, 0.4) is 0 Å². The first-order valence-corrected chi connectivity index (χ1v) is 12.4. The number of benzene rings is 1. The third-order valence-electron chi connectivity index (χ3n) is 6.12. The zero-order valence-corrected chi connectivity index (χ0v) is 18.3. The van der Waals surface area contributed by atoms with Crippen molar-refractivity contribution in [2.75, 3.05) is 6.61 Å². The Morgan fingerprint density at radius 2 is 2.06 bits per heavy atom. The number of aliphatic carboxylic acids is 1. The highest BCUT2D eigenvalue weighted by molar-refractivity contribution is 8.18. The number of rotatable bonds is 5. The van der Waals surface area contributed by atoms with Gasteiger partial charge in [0.2, 0.25) is 15.8 Å². The smallest absolute Gasteiger partial charge is 0.452 e. The molecule has 8 nitrogen and oxygen atoms in total. The van der Waals surface area contributed by atoms with E-state index < -0.39 is 49.9 Å². The summed E-state index contributed by atoms with van der Waals surface area (Å²) >= 11 is 0.801. The fourth-order valence-electron chi connectivity index (χ4n) is 4.58. The summed E-state index contributed by atoms with van der Waals surface area (Å²) < 4.78 is 76.0. The van der Waals surface area contributed by atoms with Crippen molar-refractivity contribution in [3.8, 4) is 5.75 Å². The Kier molecular flexibility index (Phi) is 5.07. The van der Waals surface area contributed by atoms with Crippen LogP contribution >= 0.6 is 11.8 Å². The van der Waals surface area contributed by atoms with E-state index in [4.69, 9.17) is 4.74 Å². The molecule has 1 saturated carbocycles. The van der Waals surface area contributed by atoms with E-state index in [-0.39, 0.29) is 23.6 Å². The van der Waals surface area contributed by atoms with E-state index in [1.807, 2.05) is 0 Å². The molecule has 0 amide bonds. The molecule has 3 heterocycles. The molecule has 33 heavy (non-hydrogen) atoms.